The third kappa shape index (κ3) is 1.96. The second-order valence-electron chi connectivity index (χ2n) is 0.526. The SMILES string of the molecule is C[CH][CH]N. The average Bonchev–Trinajstić information content (AvgIpc) is 1.37. The van der Waals surface area contributed by atoms with E-state index in [-0.39, 0.29) is 0 Å². The van der Waals surface area contributed by atoms with E-state index in [0.717, 1.165) is 0 Å². The molecule has 2 radical (unpaired) electrons. The Hall–Kier alpha value is -0.0400. The lowest BCUT2D eigenvalue weighted by Gasteiger charge is -1.68. The molecule has 0 rings (SSSR count). The van der Waals surface area contributed by atoms with Crippen LogP contribution < -0.4 is 5.73 Å². The van der Waals surface area contributed by atoms with Crippen molar-refractivity contribution < 1.29 is 0 Å². The lowest BCUT2D eigenvalue weighted by molar-refractivity contribution is 1.30. The van der Waals surface area contributed by atoms with Crippen LogP contribution in [0, 0.1) is 13.0 Å². The number of rotatable bonds is 1. The monoisotopic (exact) mass is 57.1 g/mol. The second kappa shape index (κ2) is 2.96. The number of hydrogen-bond acceptors (Lipinski definition) is 1. The molecule has 0 saturated heterocycles. The summed E-state index contributed by atoms with van der Waals surface area (Å²) in [4.78, 5) is 0. The maximum Gasteiger partial charge on any atom is 0.0224 e. The molecule has 4 heavy (non-hydrogen) atoms. The summed E-state index contributed by atoms with van der Waals surface area (Å²) in [5.41, 5.74) is 4.85. The van der Waals surface area contributed by atoms with Crippen molar-refractivity contribution in [3.05, 3.63) is 13.0 Å². The van der Waals surface area contributed by atoms with Crippen molar-refractivity contribution in [1.82, 2.24) is 0 Å². The molecule has 1 heteroatoms. The predicted octanol–water partition coefficient (Wildman–Crippen LogP) is 0.331. The summed E-state index contributed by atoms with van der Waals surface area (Å²) in [5.74, 6) is 0. The molecule has 0 bridgehead atoms. The van der Waals surface area contributed by atoms with Gasteiger partial charge in [0.1, 0.15) is 0 Å². The molecular formula is C3H7N. The van der Waals surface area contributed by atoms with Crippen LogP contribution in [0.2, 0.25) is 0 Å². The Balaban J connectivity index is 1.97. The summed E-state index contributed by atoms with van der Waals surface area (Å²) in [6, 6.07) is 0. The first-order valence-electron chi connectivity index (χ1n) is 1.24. The van der Waals surface area contributed by atoms with Crippen molar-refractivity contribution in [3.63, 3.8) is 0 Å². The highest BCUT2D eigenvalue weighted by Crippen LogP contribution is 1.62. The molecule has 2 N–H and O–H groups in total. The number of nitrogens with two attached hydrogens (primary N) is 1. The molecule has 0 saturated carbocycles. The van der Waals surface area contributed by atoms with Crippen LogP contribution in [0.3, 0.4) is 0 Å². The fourth-order valence-electron chi connectivity index (χ4n) is 0. The standard InChI is InChI=1S/C3H7N/c1-2-3-4/h2-3H,4H2,1H3. The van der Waals surface area contributed by atoms with E-state index in [2.05, 4.69) is 0 Å². The fourth-order valence-corrected chi connectivity index (χ4v) is 0. The first-order valence-corrected chi connectivity index (χ1v) is 1.24. The van der Waals surface area contributed by atoms with Gasteiger partial charge in [-0.3, -0.25) is 0 Å². The van der Waals surface area contributed by atoms with Crippen molar-refractivity contribution in [2.45, 2.75) is 6.92 Å². The smallest absolute Gasteiger partial charge is 0.0224 e. The van der Waals surface area contributed by atoms with Crippen LogP contribution in [0.5, 0.6) is 0 Å². The van der Waals surface area contributed by atoms with Gasteiger partial charge in [-0.15, -0.1) is 0 Å². The van der Waals surface area contributed by atoms with Crippen molar-refractivity contribution in [3.8, 4) is 0 Å². The zero-order chi connectivity index (χ0) is 3.41. The molecule has 0 aromatic rings. The maximum absolute atomic E-state index is 4.85. The molecule has 0 heterocycles. The highest BCUT2D eigenvalue weighted by molar-refractivity contribution is 4.68. The van der Waals surface area contributed by atoms with E-state index in [1.807, 2.05) is 6.92 Å². The highest BCUT2D eigenvalue weighted by atomic mass is 14.5. The summed E-state index contributed by atoms with van der Waals surface area (Å²) < 4.78 is 0. The maximum atomic E-state index is 4.85. The van der Waals surface area contributed by atoms with Crippen LogP contribution in [0.15, 0.2) is 0 Å². The van der Waals surface area contributed by atoms with Gasteiger partial charge in [0.2, 0.25) is 0 Å². The van der Waals surface area contributed by atoms with E-state index in [1.54, 1.807) is 6.42 Å². The third-order valence-electron chi connectivity index (χ3n) is 0.192. The molecule has 1 nitrogen and oxygen atoms in total. The van der Waals surface area contributed by atoms with Crippen LogP contribution >= 0.6 is 0 Å². The Bertz CT molecular complexity index is 5.25. The van der Waals surface area contributed by atoms with Gasteiger partial charge in [-0.2, -0.15) is 0 Å². The average molecular weight is 57.1 g/mol. The van der Waals surface area contributed by atoms with E-state index in [0.29, 0.717) is 0 Å². The zero-order valence-corrected chi connectivity index (χ0v) is 2.73. The zero-order valence-electron chi connectivity index (χ0n) is 2.73. The summed E-state index contributed by atoms with van der Waals surface area (Å²) >= 11 is 0. The first kappa shape index (κ1) is 3.96. The fraction of sp³-hybridized carbons (Fsp3) is 0.333. The largest absolute Gasteiger partial charge is 0.326 e. The van der Waals surface area contributed by atoms with Crippen LogP contribution in [-0.2, 0) is 0 Å². The van der Waals surface area contributed by atoms with Crippen molar-refractivity contribution >= 4 is 0 Å². The Labute approximate surface area is 26.8 Å². The lowest BCUT2D eigenvalue weighted by atomic mass is 10.5. The Morgan fingerprint density at radius 1 is 1.75 bits per heavy atom. The normalized spacial score (nSPS) is 7.50. The van der Waals surface area contributed by atoms with Crippen molar-refractivity contribution in [1.29, 1.82) is 0 Å². The van der Waals surface area contributed by atoms with Gasteiger partial charge in [0.05, 0.1) is 0 Å². The topological polar surface area (TPSA) is 26.0 Å². The minimum Gasteiger partial charge on any atom is -0.326 e. The quantitative estimate of drug-likeness (QED) is 0.461. The van der Waals surface area contributed by atoms with Gasteiger partial charge in [0.25, 0.3) is 0 Å². The van der Waals surface area contributed by atoms with Gasteiger partial charge in [-0.05, 0) is 6.42 Å². The van der Waals surface area contributed by atoms with E-state index < -0.39 is 0 Å². The molecule has 0 aliphatic carbocycles. The van der Waals surface area contributed by atoms with Gasteiger partial charge in [-0.1, -0.05) is 6.92 Å². The minimum absolute atomic E-state index is 1.50. The summed E-state index contributed by atoms with van der Waals surface area (Å²) in [6.07, 6.45) is 1.78. The van der Waals surface area contributed by atoms with E-state index in [4.69, 9.17) is 5.73 Å². The van der Waals surface area contributed by atoms with Gasteiger partial charge in [-0.25, -0.2) is 0 Å². The third-order valence-corrected chi connectivity index (χ3v) is 0.192. The van der Waals surface area contributed by atoms with Crippen LogP contribution in [0.25, 0.3) is 0 Å². The Morgan fingerprint density at radius 3 is 2.00 bits per heavy atom. The van der Waals surface area contributed by atoms with Gasteiger partial charge < -0.3 is 5.73 Å². The number of hydrogen-bond donors (Lipinski definition) is 1. The lowest BCUT2D eigenvalue weighted by Crippen LogP contribution is -1.84. The predicted molar refractivity (Wildman–Crippen MR) is 18.5 cm³/mol. The highest BCUT2D eigenvalue weighted by Gasteiger charge is 1.57. The first-order chi connectivity index (χ1) is 1.91. The summed E-state index contributed by atoms with van der Waals surface area (Å²) in [7, 11) is 0. The molecule has 0 aliphatic heterocycles. The molecule has 0 spiro atoms. The van der Waals surface area contributed by atoms with Crippen LogP contribution in [0.1, 0.15) is 6.92 Å². The van der Waals surface area contributed by atoms with E-state index >= 15 is 0 Å². The molecule has 0 aromatic carbocycles. The Kier molecular flexibility index (Phi) is 2.93. The molecule has 24 valence electrons. The summed E-state index contributed by atoms with van der Waals surface area (Å²) in [5, 5.41) is 0. The molecule has 0 amide bonds. The molecule has 0 atom stereocenters. The molecular weight excluding hydrogens is 50.0 g/mol. The van der Waals surface area contributed by atoms with Crippen LogP contribution in [-0.4, -0.2) is 0 Å². The molecule has 0 unspecified atom stereocenters. The molecule has 0 aromatic heterocycles. The summed E-state index contributed by atoms with van der Waals surface area (Å²) in [6.45, 7) is 3.38. The second-order valence-corrected chi connectivity index (χ2v) is 0.526. The minimum atomic E-state index is 1.50. The van der Waals surface area contributed by atoms with E-state index in [1.165, 1.54) is 6.54 Å². The van der Waals surface area contributed by atoms with Gasteiger partial charge in [0, 0.05) is 6.54 Å². The van der Waals surface area contributed by atoms with E-state index in [9.17, 15) is 0 Å². The molecule has 0 fully saturated rings. The Morgan fingerprint density at radius 2 is 2.00 bits per heavy atom. The van der Waals surface area contributed by atoms with Gasteiger partial charge in [0.15, 0.2) is 0 Å². The van der Waals surface area contributed by atoms with Crippen molar-refractivity contribution in [2.24, 2.45) is 5.73 Å². The van der Waals surface area contributed by atoms with Gasteiger partial charge >= 0.3 is 0 Å². The van der Waals surface area contributed by atoms with Crippen LogP contribution in [0.4, 0.5) is 0 Å². The molecule has 0 aliphatic rings. The van der Waals surface area contributed by atoms with Crippen molar-refractivity contribution in [2.75, 3.05) is 0 Å².